The highest BCUT2D eigenvalue weighted by atomic mass is 79.9. The molecule has 0 saturated carbocycles. The van der Waals surface area contributed by atoms with Crippen LogP contribution < -0.4 is 11.1 Å². The van der Waals surface area contributed by atoms with Crippen molar-refractivity contribution in [1.29, 1.82) is 0 Å². The van der Waals surface area contributed by atoms with Crippen LogP contribution in [-0.4, -0.2) is 67.3 Å². The smallest absolute Gasteiger partial charge is 0.220 e. The zero-order chi connectivity index (χ0) is 21.5. The van der Waals surface area contributed by atoms with Crippen LogP contribution in [0.4, 0.5) is 0 Å². The summed E-state index contributed by atoms with van der Waals surface area (Å²) in [5.41, 5.74) is 7.26. The van der Waals surface area contributed by atoms with E-state index in [1.54, 1.807) is 0 Å². The molecule has 0 bridgehead atoms. The molecule has 30 heavy (non-hydrogen) atoms. The first kappa shape index (κ1) is 23.9. The third-order valence-electron chi connectivity index (χ3n) is 6.16. The highest BCUT2D eigenvalue weighted by molar-refractivity contribution is 9.11. The van der Waals surface area contributed by atoms with Gasteiger partial charge in [0, 0.05) is 40.1 Å². The molecule has 0 unspecified atom stereocenters. The molecule has 1 aromatic carbocycles. The van der Waals surface area contributed by atoms with Gasteiger partial charge in [-0.25, -0.2) is 0 Å². The zero-order valence-electron chi connectivity index (χ0n) is 17.5. The van der Waals surface area contributed by atoms with Crippen LogP contribution in [0, 0.1) is 5.92 Å². The van der Waals surface area contributed by atoms with Crippen molar-refractivity contribution in [2.24, 2.45) is 11.7 Å². The van der Waals surface area contributed by atoms with Gasteiger partial charge in [0.1, 0.15) is 0 Å². The Morgan fingerprint density at radius 3 is 2.37 bits per heavy atom. The number of halogens is 2. The van der Waals surface area contributed by atoms with Gasteiger partial charge in [-0.2, -0.15) is 0 Å². The zero-order valence-corrected chi connectivity index (χ0v) is 20.6. The minimum absolute atomic E-state index is 0.00108. The Morgan fingerprint density at radius 1 is 1.00 bits per heavy atom. The molecule has 0 aliphatic carbocycles. The van der Waals surface area contributed by atoms with Gasteiger partial charge >= 0.3 is 0 Å². The molecule has 0 atom stereocenters. The third kappa shape index (κ3) is 6.85. The van der Waals surface area contributed by atoms with Crippen LogP contribution in [0.2, 0.25) is 0 Å². The van der Waals surface area contributed by atoms with E-state index in [-0.39, 0.29) is 17.6 Å². The summed E-state index contributed by atoms with van der Waals surface area (Å²) in [5, 5.41) is 3.30. The summed E-state index contributed by atoms with van der Waals surface area (Å²) in [6.45, 7) is 7.05. The van der Waals surface area contributed by atoms with Gasteiger partial charge < -0.3 is 16.0 Å². The van der Waals surface area contributed by atoms with Crippen molar-refractivity contribution in [3.8, 4) is 0 Å². The Kier molecular flexibility index (Phi) is 9.32. The maximum Gasteiger partial charge on any atom is 0.220 e. The summed E-state index contributed by atoms with van der Waals surface area (Å²) >= 11 is 7.23. The molecule has 2 fully saturated rings. The summed E-state index contributed by atoms with van der Waals surface area (Å²) < 4.78 is 1.77. The minimum Gasteiger partial charge on any atom is -0.369 e. The van der Waals surface area contributed by atoms with Crippen molar-refractivity contribution in [2.45, 2.75) is 38.6 Å². The molecule has 166 valence electrons. The van der Waals surface area contributed by atoms with Crippen molar-refractivity contribution in [3.05, 3.63) is 32.2 Å². The number of likely N-dealkylation sites (tertiary alicyclic amines) is 2. The SMILES string of the molecule is NC(=O)C1CCN(Cc2cc(Br)c(C(=O)CNCCN3CCCCC3)cc2Br)CC1. The first-order chi connectivity index (χ1) is 14.4. The van der Waals surface area contributed by atoms with Crippen LogP contribution in [-0.2, 0) is 11.3 Å². The predicted molar refractivity (Wildman–Crippen MR) is 127 cm³/mol. The van der Waals surface area contributed by atoms with Crippen molar-refractivity contribution in [2.75, 3.05) is 45.8 Å². The number of rotatable bonds is 9. The highest BCUT2D eigenvalue weighted by Gasteiger charge is 2.24. The van der Waals surface area contributed by atoms with Crippen molar-refractivity contribution < 1.29 is 9.59 Å². The van der Waals surface area contributed by atoms with Crippen LogP contribution in [0.25, 0.3) is 0 Å². The summed E-state index contributed by atoms with van der Waals surface area (Å²) in [6.07, 6.45) is 5.54. The van der Waals surface area contributed by atoms with E-state index < -0.39 is 0 Å². The van der Waals surface area contributed by atoms with Gasteiger partial charge in [-0.15, -0.1) is 0 Å². The fourth-order valence-corrected chi connectivity index (χ4v) is 5.34. The third-order valence-corrected chi connectivity index (χ3v) is 7.55. The molecule has 1 aromatic rings. The van der Waals surface area contributed by atoms with Gasteiger partial charge in [-0.1, -0.05) is 38.3 Å². The number of benzene rings is 1. The molecular formula is C22H32Br2N4O2. The molecule has 0 radical (unpaired) electrons. The molecule has 0 aromatic heterocycles. The molecule has 2 heterocycles. The number of amides is 1. The number of hydrogen-bond acceptors (Lipinski definition) is 5. The number of carbonyl (C=O) groups is 2. The number of piperidine rings is 2. The second-order valence-electron chi connectivity index (χ2n) is 8.38. The van der Waals surface area contributed by atoms with E-state index in [9.17, 15) is 9.59 Å². The summed E-state index contributed by atoms with van der Waals surface area (Å²) in [6, 6.07) is 3.95. The van der Waals surface area contributed by atoms with E-state index >= 15 is 0 Å². The largest absolute Gasteiger partial charge is 0.369 e. The second-order valence-corrected chi connectivity index (χ2v) is 10.1. The number of nitrogens with zero attached hydrogens (tertiary/aromatic N) is 2. The lowest BCUT2D eigenvalue weighted by atomic mass is 9.96. The van der Waals surface area contributed by atoms with E-state index in [0.29, 0.717) is 12.1 Å². The lowest BCUT2D eigenvalue weighted by Gasteiger charge is -2.30. The van der Waals surface area contributed by atoms with E-state index in [2.05, 4.69) is 47.0 Å². The Labute approximate surface area is 196 Å². The Morgan fingerprint density at radius 2 is 1.70 bits per heavy atom. The van der Waals surface area contributed by atoms with Gasteiger partial charge in [-0.05, 0) is 69.6 Å². The average Bonchev–Trinajstić information content (AvgIpc) is 2.74. The molecule has 2 aliphatic heterocycles. The average molecular weight is 544 g/mol. The summed E-state index contributed by atoms with van der Waals surface area (Å²) in [4.78, 5) is 28.8. The normalized spacial score (nSPS) is 19.1. The van der Waals surface area contributed by atoms with Gasteiger partial charge in [-0.3, -0.25) is 14.5 Å². The molecule has 2 aliphatic rings. The van der Waals surface area contributed by atoms with Crippen LogP contribution in [0.3, 0.4) is 0 Å². The standard InChI is InChI=1S/C22H32Br2N4O2/c23-19-13-18(21(29)14-26-6-11-27-7-2-1-3-8-27)20(24)12-17(19)15-28-9-4-16(5-10-28)22(25)30/h12-13,16,26H,1-11,14-15H2,(H2,25,30). The molecule has 1 amide bonds. The fourth-order valence-electron chi connectivity index (χ4n) is 4.26. The molecule has 8 heteroatoms. The molecule has 6 nitrogen and oxygen atoms in total. The predicted octanol–water partition coefficient (Wildman–Crippen LogP) is 3.17. The van der Waals surface area contributed by atoms with E-state index in [1.165, 1.54) is 32.4 Å². The number of ketones is 1. The van der Waals surface area contributed by atoms with Gasteiger partial charge in [0.15, 0.2) is 5.78 Å². The van der Waals surface area contributed by atoms with Crippen molar-refractivity contribution >= 4 is 43.6 Å². The fraction of sp³-hybridized carbons (Fsp3) is 0.636. The lowest BCUT2D eigenvalue weighted by Crippen LogP contribution is -2.38. The topological polar surface area (TPSA) is 78.7 Å². The minimum atomic E-state index is -0.189. The quantitative estimate of drug-likeness (QED) is 0.369. The van der Waals surface area contributed by atoms with Crippen LogP contribution in [0.5, 0.6) is 0 Å². The Hall–Kier alpha value is -0.800. The van der Waals surface area contributed by atoms with Gasteiger partial charge in [0.25, 0.3) is 0 Å². The van der Waals surface area contributed by atoms with E-state index in [4.69, 9.17) is 5.73 Å². The number of nitrogens with two attached hydrogens (primary N) is 1. The Bertz CT molecular complexity index is 745. The monoisotopic (exact) mass is 542 g/mol. The first-order valence-electron chi connectivity index (χ1n) is 10.9. The van der Waals surface area contributed by atoms with Crippen molar-refractivity contribution in [3.63, 3.8) is 0 Å². The number of nitrogens with one attached hydrogen (secondary N) is 1. The van der Waals surface area contributed by atoms with Crippen molar-refractivity contribution in [1.82, 2.24) is 15.1 Å². The lowest BCUT2D eigenvalue weighted by molar-refractivity contribution is -0.123. The second kappa shape index (κ2) is 11.7. The van der Waals surface area contributed by atoms with E-state index in [0.717, 1.165) is 60.1 Å². The van der Waals surface area contributed by atoms with Crippen LogP contribution >= 0.6 is 31.9 Å². The maximum absolute atomic E-state index is 12.7. The number of carbonyl (C=O) groups excluding carboxylic acids is 2. The molecule has 2 saturated heterocycles. The van der Waals surface area contributed by atoms with E-state index in [1.807, 2.05) is 12.1 Å². The highest BCUT2D eigenvalue weighted by Crippen LogP contribution is 2.29. The van der Waals surface area contributed by atoms with Crippen LogP contribution in [0.15, 0.2) is 21.1 Å². The molecular weight excluding hydrogens is 512 g/mol. The molecule has 0 spiro atoms. The molecule has 3 rings (SSSR count). The van der Waals surface area contributed by atoms with Crippen LogP contribution in [0.1, 0.15) is 48.0 Å². The maximum atomic E-state index is 12.7. The molecule has 3 N–H and O–H groups in total. The Balaban J connectivity index is 1.48. The first-order valence-corrected chi connectivity index (χ1v) is 12.5. The number of hydrogen-bond donors (Lipinski definition) is 2. The summed E-state index contributed by atoms with van der Waals surface area (Å²) in [7, 11) is 0. The number of primary amides is 1. The van der Waals surface area contributed by atoms with Gasteiger partial charge in [0.05, 0.1) is 6.54 Å². The summed E-state index contributed by atoms with van der Waals surface area (Å²) in [5.74, 6) is -0.0974. The number of Topliss-reactive ketones (excluding diaryl/α,β-unsaturated/α-hetero) is 1. The van der Waals surface area contributed by atoms with Gasteiger partial charge in [0.2, 0.25) is 5.91 Å².